The van der Waals surface area contributed by atoms with Crippen LogP contribution in [0.3, 0.4) is 0 Å². The van der Waals surface area contributed by atoms with Crippen LogP contribution in [0.15, 0.2) is 42.5 Å². The van der Waals surface area contributed by atoms with Gasteiger partial charge in [-0.1, -0.05) is 17.7 Å². The van der Waals surface area contributed by atoms with Crippen LogP contribution in [0.5, 0.6) is 0 Å². The van der Waals surface area contributed by atoms with E-state index in [0.717, 1.165) is 5.69 Å². The lowest BCUT2D eigenvalue weighted by molar-refractivity contribution is 0.208. The van der Waals surface area contributed by atoms with Gasteiger partial charge in [0, 0.05) is 37.6 Å². The minimum absolute atomic E-state index is 0.0822. The number of rotatable bonds is 2. The lowest BCUT2D eigenvalue weighted by Gasteiger charge is -2.36. The fraction of sp³-hybridized carbons (Fsp3) is 0.235. The van der Waals surface area contributed by atoms with E-state index in [1.54, 1.807) is 29.2 Å². The maximum absolute atomic E-state index is 13.2. The molecule has 3 rings (SSSR count). The monoisotopic (exact) mass is 351 g/mol. The second kappa shape index (κ2) is 7.05. The quantitative estimate of drug-likeness (QED) is 0.888. The Kier molecular flexibility index (Phi) is 4.85. The van der Waals surface area contributed by atoms with Gasteiger partial charge >= 0.3 is 6.03 Å². The van der Waals surface area contributed by atoms with Crippen LogP contribution in [-0.2, 0) is 0 Å². The molecule has 0 bridgehead atoms. The van der Waals surface area contributed by atoms with E-state index in [4.69, 9.17) is 11.6 Å². The van der Waals surface area contributed by atoms with Gasteiger partial charge in [0.05, 0.1) is 5.02 Å². The Bertz CT molecular complexity index is 748. The van der Waals surface area contributed by atoms with E-state index in [2.05, 4.69) is 5.32 Å². The number of nitrogens with zero attached hydrogens (tertiary/aromatic N) is 2. The second-order valence-electron chi connectivity index (χ2n) is 5.51. The van der Waals surface area contributed by atoms with Gasteiger partial charge in [0.1, 0.15) is 11.6 Å². The molecule has 1 aliphatic rings. The van der Waals surface area contributed by atoms with Crippen LogP contribution in [0.4, 0.5) is 25.0 Å². The van der Waals surface area contributed by atoms with E-state index in [1.165, 1.54) is 18.2 Å². The Balaban J connectivity index is 1.58. The van der Waals surface area contributed by atoms with Crippen molar-refractivity contribution in [2.45, 2.75) is 0 Å². The van der Waals surface area contributed by atoms with E-state index in [-0.39, 0.29) is 11.1 Å². The molecule has 1 aliphatic heterocycles. The number of hydrogen-bond acceptors (Lipinski definition) is 2. The summed E-state index contributed by atoms with van der Waals surface area (Å²) in [6.07, 6.45) is 0. The first-order valence-corrected chi connectivity index (χ1v) is 7.92. The second-order valence-corrected chi connectivity index (χ2v) is 5.92. The molecule has 2 amide bonds. The highest BCUT2D eigenvalue weighted by Gasteiger charge is 2.21. The van der Waals surface area contributed by atoms with Gasteiger partial charge < -0.3 is 15.1 Å². The van der Waals surface area contributed by atoms with Crippen molar-refractivity contribution in [1.29, 1.82) is 0 Å². The number of amides is 2. The molecule has 1 saturated heterocycles. The molecule has 1 N–H and O–H groups in total. The highest BCUT2D eigenvalue weighted by atomic mass is 35.5. The normalized spacial score (nSPS) is 14.6. The molecule has 126 valence electrons. The van der Waals surface area contributed by atoms with Gasteiger partial charge in [0.15, 0.2) is 0 Å². The number of piperazine rings is 1. The van der Waals surface area contributed by atoms with Crippen LogP contribution in [0, 0.1) is 11.6 Å². The molecule has 4 nitrogen and oxygen atoms in total. The van der Waals surface area contributed by atoms with Crippen LogP contribution < -0.4 is 10.2 Å². The Morgan fingerprint density at radius 1 is 1.04 bits per heavy atom. The molecular weight excluding hydrogens is 336 g/mol. The largest absolute Gasteiger partial charge is 0.368 e. The zero-order valence-electron chi connectivity index (χ0n) is 12.8. The fourth-order valence-corrected chi connectivity index (χ4v) is 2.79. The van der Waals surface area contributed by atoms with Gasteiger partial charge in [-0.05, 0) is 36.4 Å². The molecule has 1 heterocycles. The number of carbonyl (C=O) groups excluding carboxylic acids is 1. The predicted molar refractivity (Wildman–Crippen MR) is 90.6 cm³/mol. The third kappa shape index (κ3) is 3.76. The molecule has 2 aromatic rings. The van der Waals surface area contributed by atoms with E-state index in [0.29, 0.717) is 31.9 Å². The third-order valence-corrected chi connectivity index (χ3v) is 4.20. The molecule has 7 heteroatoms. The molecule has 0 atom stereocenters. The van der Waals surface area contributed by atoms with Crippen LogP contribution in [0.2, 0.25) is 5.02 Å². The van der Waals surface area contributed by atoms with Crippen molar-refractivity contribution in [3.05, 3.63) is 59.1 Å². The van der Waals surface area contributed by atoms with Crippen molar-refractivity contribution in [1.82, 2.24) is 4.90 Å². The van der Waals surface area contributed by atoms with E-state index >= 15 is 0 Å². The smallest absolute Gasteiger partial charge is 0.321 e. The topological polar surface area (TPSA) is 35.6 Å². The summed E-state index contributed by atoms with van der Waals surface area (Å²) in [7, 11) is 0. The molecule has 0 saturated carbocycles. The lowest BCUT2D eigenvalue weighted by Crippen LogP contribution is -2.50. The fourth-order valence-electron chi connectivity index (χ4n) is 2.62. The van der Waals surface area contributed by atoms with Gasteiger partial charge in [-0.15, -0.1) is 0 Å². The highest BCUT2D eigenvalue weighted by molar-refractivity contribution is 6.31. The van der Waals surface area contributed by atoms with Crippen molar-refractivity contribution in [3.63, 3.8) is 0 Å². The molecule has 0 aliphatic carbocycles. The Hall–Kier alpha value is -2.34. The van der Waals surface area contributed by atoms with E-state index in [9.17, 15) is 13.6 Å². The standard InChI is InChI=1S/C17H16ClF2N3O/c18-15-11-14(4-5-16(15)20)22-6-8-23(9-7-22)17(24)21-13-3-1-2-12(19)10-13/h1-5,10-11H,6-9H2,(H,21,24). The molecule has 0 radical (unpaired) electrons. The summed E-state index contributed by atoms with van der Waals surface area (Å²) in [4.78, 5) is 15.9. The minimum Gasteiger partial charge on any atom is -0.368 e. The zero-order valence-corrected chi connectivity index (χ0v) is 13.6. The SMILES string of the molecule is O=C(Nc1cccc(F)c1)N1CCN(c2ccc(F)c(Cl)c2)CC1. The summed E-state index contributed by atoms with van der Waals surface area (Å²) in [6, 6.07) is 10.1. The molecular formula is C17H16ClF2N3O. The summed E-state index contributed by atoms with van der Waals surface area (Å²) in [5.41, 5.74) is 1.25. The van der Waals surface area contributed by atoms with Crippen molar-refractivity contribution in [2.75, 3.05) is 36.4 Å². The Labute approximate surface area is 143 Å². The number of halogens is 3. The van der Waals surface area contributed by atoms with Crippen molar-refractivity contribution in [3.8, 4) is 0 Å². The van der Waals surface area contributed by atoms with Crippen molar-refractivity contribution in [2.24, 2.45) is 0 Å². The minimum atomic E-state index is -0.450. The van der Waals surface area contributed by atoms with Gasteiger partial charge in [-0.25, -0.2) is 13.6 Å². The number of urea groups is 1. The van der Waals surface area contributed by atoms with Gasteiger partial charge in [0.2, 0.25) is 0 Å². The van der Waals surface area contributed by atoms with Gasteiger partial charge in [-0.3, -0.25) is 0 Å². The van der Waals surface area contributed by atoms with Crippen LogP contribution in [-0.4, -0.2) is 37.1 Å². The summed E-state index contributed by atoms with van der Waals surface area (Å²) in [5, 5.41) is 2.76. The number of carbonyl (C=O) groups is 1. The number of anilines is 2. The first-order chi connectivity index (χ1) is 11.5. The average molecular weight is 352 g/mol. The molecule has 0 aromatic heterocycles. The molecule has 0 spiro atoms. The average Bonchev–Trinajstić information content (AvgIpc) is 2.57. The van der Waals surface area contributed by atoms with Gasteiger partial charge in [-0.2, -0.15) is 0 Å². The summed E-state index contributed by atoms with van der Waals surface area (Å²) in [5.74, 6) is -0.848. The first-order valence-electron chi connectivity index (χ1n) is 7.54. The van der Waals surface area contributed by atoms with E-state index < -0.39 is 11.6 Å². The number of nitrogens with one attached hydrogen (secondary N) is 1. The van der Waals surface area contributed by atoms with E-state index in [1.807, 2.05) is 4.90 Å². The maximum Gasteiger partial charge on any atom is 0.321 e. The number of hydrogen-bond donors (Lipinski definition) is 1. The zero-order chi connectivity index (χ0) is 17.1. The maximum atomic E-state index is 13.2. The first kappa shape index (κ1) is 16.5. The molecule has 0 unspecified atom stereocenters. The molecule has 24 heavy (non-hydrogen) atoms. The molecule has 1 fully saturated rings. The Morgan fingerprint density at radius 3 is 2.46 bits per heavy atom. The van der Waals surface area contributed by atoms with Crippen LogP contribution in [0.25, 0.3) is 0 Å². The summed E-state index contributed by atoms with van der Waals surface area (Å²) in [6.45, 7) is 2.24. The van der Waals surface area contributed by atoms with Crippen molar-refractivity contribution < 1.29 is 13.6 Å². The summed E-state index contributed by atoms with van der Waals surface area (Å²) >= 11 is 5.81. The van der Waals surface area contributed by atoms with Crippen LogP contribution >= 0.6 is 11.6 Å². The highest BCUT2D eigenvalue weighted by Crippen LogP contribution is 2.23. The predicted octanol–water partition coefficient (Wildman–Crippen LogP) is 3.97. The van der Waals surface area contributed by atoms with Crippen LogP contribution in [0.1, 0.15) is 0 Å². The molecule has 2 aromatic carbocycles. The summed E-state index contributed by atoms with van der Waals surface area (Å²) < 4.78 is 26.4. The van der Waals surface area contributed by atoms with Crippen molar-refractivity contribution >= 4 is 29.0 Å². The van der Waals surface area contributed by atoms with Gasteiger partial charge in [0.25, 0.3) is 0 Å². The lowest BCUT2D eigenvalue weighted by atomic mass is 10.2. The number of benzene rings is 2. The Morgan fingerprint density at radius 2 is 1.79 bits per heavy atom. The third-order valence-electron chi connectivity index (χ3n) is 3.91.